The van der Waals surface area contributed by atoms with Gasteiger partial charge in [-0.2, -0.15) is 0 Å². The number of carbonyl (C=O) groups excluding carboxylic acids is 1. The SMILES string of the molecule is CCCCCC(CCC)CN(C=O)CC(CCC)CCCCC. The van der Waals surface area contributed by atoms with Gasteiger partial charge in [0.15, 0.2) is 0 Å². The molecule has 0 aromatic rings. The molecule has 0 aromatic carbocycles. The highest BCUT2D eigenvalue weighted by atomic mass is 16.1. The largest absolute Gasteiger partial charge is 0.345 e. The van der Waals surface area contributed by atoms with E-state index in [0.29, 0.717) is 11.8 Å². The molecule has 0 N–H and O–H groups in total. The normalized spacial score (nSPS) is 13.7. The lowest BCUT2D eigenvalue weighted by Crippen LogP contribution is -2.33. The molecule has 0 aliphatic carbocycles. The molecule has 23 heavy (non-hydrogen) atoms. The van der Waals surface area contributed by atoms with Gasteiger partial charge in [-0.25, -0.2) is 0 Å². The van der Waals surface area contributed by atoms with Gasteiger partial charge in [-0.3, -0.25) is 4.79 Å². The Bertz CT molecular complexity index is 232. The van der Waals surface area contributed by atoms with Crippen molar-refractivity contribution in [3.05, 3.63) is 0 Å². The van der Waals surface area contributed by atoms with Crippen molar-refractivity contribution in [1.29, 1.82) is 0 Å². The molecule has 1 amide bonds. The van der Waals surface area contributed by atoms with Crippen LogP contribution < -0.4 is 0 Å². The van der Waals surface area contributed by atoms with Crippen LogP contribution in [0.15, 0.2) is 0 Å². The Morgan fingerprint density at radius 2 is 1.09 bits per heavy atom. The first kappa shape index (κ1) is 22.5. The van der Waals surface area contributed by atoms with E-state index in [4.69, 9.17) is 0 Å². The fraction of sp³-hybridized carbons (Fsp3) is 0.952. The summed E-state index contributed by atoms with van der Waals surface area (Å²) in [5.74, 6) is 1.41. The van der Waals surface area contributed by atoms with Crippen LogP contribution in [0.2, 0.25) is 0 Å². The van der Waals surface area contributed by atoms with Crippen molar-refractivity contribution < 1.29 is 4.79 Å². The molecule has 0 fully saturated rings. The van der Waals surface area contributed by atoms with Gasteiger partial charge >= 0.3 is 0 Å². The first-order chi connectivity index (χ1) is 11.2. The van der Waals surface area contributed by atoms with Gasteiger partial charge in [-0.15, -0.1) is 0 Å². The molecule has 0 saturated carbocycles. The quantitative estimate of drug-likeness (QED) is 0.223. The van der Waals surface area contributed by atoms with Gasteiger partial charge in [0, 0.05) is 13.1 Å². The third kappa shape index (κ3) is 12.5. The molecule has 2 heteroatoms. The van der Waals surface area contributed by atoms with Crippen LogP contribution in [0.1, 0.15) is 105 Å². The molecule has 0 spiro atoms. The number of hydrogen-bond donors (Lipinski definition) is 0. The Labute approximate surface area is 146 Å². The molecular formula is C21H43NO. The van der Waals surface area contributed by atoms with Gasteiger partial charge in [0.05, 0.1) is 0 Å². The van der Waals surface area contributed by atoms with Gasteiger partial charge in [0.1, 0.15) is 0 Å². The molecule has 0 aliphatic heterocycles. The third-order valence-electron chi connectivity index (χ3n) is 4.96. The van der Waals surface area contributed by atoms with Crippen molar-refractivity contribution >= 4 is 6.41 Å². The number of carbonyl (C=O) groups is 1. The van der Waals surface area contributed by atoms with E-state index >= 15 is 0 Å². The summed E-state index contributed by atoms with van der Waals surface area (Å²) in [7, 11) is 0. The van der Waals surface area contributed by atoms with Gasteiger partial charge in [0.25, 0.3) is 0 Å². The molecule has 138 valence electrons. The van der Waals surface area contributed by atoms with Crippen LogP contribution >= 0.6 is 0 Å². The molecule has 2 nitrogen and oxygen atoms in total. The highest BCUT2D eigenvalue weighted by Gasteiger charge is 2.16. The van der Waals surface area contributed by atoms with Crippen molar-refractivity contribution in [2.45, 2.75) is 105 Å². The van der Waals surface area contributed by atoms with Crippen molar-refractivity contribution in [2.24, 2.45) is 11.8 Å². The standard InChI is InChI=1S/C21H43NO/c1-5-9-11-15-20(13-7-3)17-22(19-23)18-21(14-8-4)16-12-10-6-2/h19-21H,5-18H2,1-4H3. The van der Waals surface area contributed by atoms with Crippen LogP contribution in [0, 0.1) is 11.8 Å². The monoisotopic (exact) mass is 325 g/mol. The first-order valence-electron chi connectivity index (χ1n) is 10.4. The summed E-state index contributed by atoms with van der Waals surface area (Å²) in [6.45, 7) is 11.0. The molecule has 2 atom stereocenters. The van der Waals surface area contributed by atoms with E-state index < -0.39 is 0 Å². The van der Waals surface area contributed by atoms with Crippen molar-refractivity contribution in [1.82, 2.24) is 4.90 Å². The predicted octanol–water partition coefficient (Wildman–Crippen LogP) is 6.44. The lowest BCUT2D eigenvalue weighted by atomic mass is 9.93. The van der Waals surface area contributed by atoms with Crippen LogP contribution in [0.3, 0.4) is 0 Å². The predicted molar refractivity (Wildman–Crippen MR) is 103 cm³/mol. The number of unbranched alkanes of at least 4 members (excludes halogenated alkanes) is 4. The Morgan fingerprint density at radius 3 is 1.39 bits per heavy atom. The summed E-state index contributed by atoms with van der Waals surface area (Å²) in [6.07, 6.45) is 16.6. The minimum absolute atomic E-state index is 0.703. The number of nitrogens with zero attached hydrogens (tertiary/aromatic N) is 1. The molecule has 0 aromatic heterocycles. The molecule has 0 saturated heterocycles. The maximum atomic E-state index is 11.6. The van der Waals surface area contributed by atoms with Crippen molar-refractivity contribution in [2.75, 3.05) is 13.1 Å². The molecule has 0 aliphatic rings. The maximum Gasteiger partial charge on any atom is 0.209 e. The lowest BCUT2D eigenvalue weighted by molar-refractivity contribution is -0.119. The second-order valence-corrected chi connectivity index (χ2v) is 7.36. The minimum Gasteiger partial charge on any atom is -0.345 e. The molecular weight excluding hydrogens is 282 g/mol. The highest BCUT2D eigenvalue weighted by molar-refractivity contribution is 5.46. The Kier molecular flexibility index (Phi) is 16.0. The number of rotatable bonds is 17. The zero-order chi connectivity index (χ0) is 17.3. The average molecular weight is 326 g/mol. The molecule has 0 bridgehead atoms. The summed E-state index contributed by atoms with van der Waals surface area (Å²) < 4.78 is 0. The first-order valence-corrected chi connectivity index (χ1v) is 10.4. The fourth-order valence-corrected chi connectivity index (χ4v) is 3.66. The Morgan fingerprint density at radius 1 is 0.652 bits per heavy atom. The minimum atomic E-state index is 0.703. The summed E-state index contributed by atoms with van der Waals surface area (Å²) in [5.41, 5.74) is 0. The average Bonchev–Trinajstić information content (AvgIpc) is 2.54. The second kappa shape index (κ2) is 16.3. The topological polar surface area (TPSA) is 20.3 Å². The smallest absolute Gasteiger partial charge is 0.209 e. The van der Waals surface area contributed by atoms with Gasteiger partial charge in [-0.05, 0) is 37.5 Å². The number of amides is 1. The molecule has 2 unspecified atom stereocenters. The number of hydrogen-bond acceptors (Lipinski definition) is 1. The van der Waals surface area contributed by atoms with Crippen LogP contribution in [0.5, 0.6) is 0 Å². The van der Waals surface area contributed by atoms with Gasteiger partial charge < -0.3 is 4.90 Å². The summed E-state index contributed by atoms with van der Waals surface area (Å²) in [6, 6.07) is 0. The van der Waals surface area contributed by atoms with E-state index in [1.165, 1.54) is 77.0 Å². The zero-order valence-electron chi connectivity index (χ0n) is 16.5. The zero-order valence-corrected chi connectivity index (χ0v) is 16.5. The summed E-state index contributed by atoms with van der Waals surface area (Å²) in [5, 5.41) is 0. The molecule has 0 heterocycles. The van der Waals surface area contributed by atoms with E-state index in [9.17, 15) is 4.79 Å². The van der Waals surface area contributed by atoms with E-state index in [1.54, 1.807) is 0 Å². The second-order valence-electron chi connectivity index (χ2n) is 7.36. The maximum absolute atomic E-state index is 11.6. The van der Waals surface area contributed by atoms with Crippen LogP contribution in [-0.2, 0) is 4.79 Å². The van der Waals surface area contributed by atoms with Crippen LogP contribution in [0.25, 0.3) is 0 Å². The van der Waals surface area contributed by atoms with Crippen molar-refractivity contribution in [3.8, 4) is 0 Å². The Hall–Kier alpha value is -0.530. The summed E-state index contributed by atoms with van der Waals surface area (Å²) >= 11 is 0. The lowest BCUT2D eigenvalue weighted by Gasteiger charge is -2.28. The third-order valence-corrected chi connectivity index (χ3v) is 4.96. The van der Waals surface area contributed by atoms with Crippen molar-refractivity contribution in [3.63, 3.8) is 0 Å². The summed E-state index contributed by atoms with van der Waals surface area (Å²) in [4.78, 5) is 13.7. The van der Waals surface area contributed by atoms with Crippen LogP contribution in [0.4, 0.5) is 0 Å². The van der Waals surface area contributed by atoms with Gasteiger partial charge in [-0.1, -0.05) is 79.1 Å². The fourth-order valence-electron chi connectivity index (χ4n) is 3.66. The Balaban J connectivity index is 4.39. The van der Waals surface area contributed by atoms with E-state index in [-0.39, 0.29) is 0 Å². The molecule has 0 radical (unpaired) electrons. The molecule has 0 rings (SSSR count). The van der Waals surface area contributed by atoms with Gasteiger partial charge in [0.2, 0.25) is 6.41 Å². The highest BCUT2D eigenvalue weighted by Crippen LogP contribution is 2.20. The van der Waals surface area contributed by atoms with E-state index in [1.807, 2.05) is 0 Å². The van der Waals surface area contributed by atoms with E-state index in [0.717, 1.165) is 19.5 Å². The van der Waals surface area contributed by atoms with Crippen LogP contribution in [-0.4, -0.2) is 24.4 Å². The van der Waals surface area contributed by atoms with E-state index in [2.05, 4.69) is 32.6 Å².